The van der Waals surface area contributed by atoms with E-state index < -0.39 is 0 Å². The first kappa shape index (κ1) is 16.0. The fraction of sp³-hybridized carbons (Fsp3) is 0.500. The van der Waals surface area contributed by atoms with Crippen LogP contribution in [-0.4, -0.2) is 42.8 Å². The molecule has 1 atom stereocenters. The van der Waals surface area contributed by atoms with Crippen LogP contribution in [0.25, 0.3) is 0 Å². The second-order valence-electron chi connectivity index (χ2n) is 4.12. The number of nitrogens with one attached hydrogen (secondary N) is 1. The Bertz CT molecular complexity index is 363. The van der Waals surface area contributed by atoms with Crippen LogP contribution in [-0.2, 0) is 0 Å². The number of piperazine rings is 1. The van der Waals surface area contributed by atoms with Crippen molar-refractivity contribution in [2.24, 2.45) is 0 Å². The molecule has 0 amide bonds. The molecule has 1 aromatic carbocycles. The first-order valence-corrected chi connectivity index (χ1v) is 6.49. The smallest absolute Gasteiger partial charge is 0.0629 e. The Hall–Kier alpha value is -0.0300. The molecule has 0 bridgehead atoms. The van der Waals surface area contributed by atoms with Crippen LogP contribution in [0.15, 0.2) is 18.2 Å². The summed E-state index contributed by atoms with van der Waals surface area (Å²) < 4.78 is 0. The van der Waals surface area contributed by atoms with Gasteiger partial charge in [-0.3, -0.25) is 4.90 Å². The third kappa shape index (κ3) is 3.50. The van der Waals surface area contributed by atoms with Gasteiger partial charge in [-0.1, -0.05) is 29.3 Å². The molecule has 1 saturated heterocycles. The molecule has 1 aliphatic heterocycles. The molecule has 0 saturated carbocycles. The van der Waals surface area contributed by atoms with Crippen molar-refractivity contribution in [3.8, 4) is 0 Å². The molecule has 18 heavy (non-hydrogen) atoms. The predicted octanol–water partition coefficient (Wildman–Crippen LogP) is 2.35. The molecular weight excluding hydrogens is 295 g/mol. The van der Waals surface area contributed by atoms with E-state index in [1.165, 1.54) is 0 Å². The van der Waals surface area contributed by atoms with Gasteiger partial charge in [-0.25, -0.2) is 0 Å². The zero-order chi connectivity index (χ0) is 12.3. The lowest BCUT2D eigenvalue weighted by Gasteiger charge is -2.34. The molecule has 0 radical (unpaired) electrons. The highest BCUT2D eigenvalue weighted by atomic mass is 35.5. The summed E-state index contributed by atoms with van der Waals surface area (Å²) >= 11 is 12.4. The van der Waals surface area contributed by atoms with E-state index in [1.807, 2.05) is 18.2 Å². The molecule has 1 heterocycles. The van der Waals surface area contributed by atoms with E-state index in [1.54, 1.807) is 0 Å². The lowest BCUT2D eigenvalue weighted by Crippen LogP contribution is -2.46. The number of aliphatic hydroxyl groups is 1. The standard InChI is InChI=1S/C12H16Cl2N2O.ClH/c13-9-2-1-3-10(14)12(9)11(8-17)16-6-4-15-5-7-16;/h1-3,11,15,17H,4-8H2;1H/t11-;/m1./s1. The van der Waals surface area contributed by atoms with E-state index in [2.05, 4.69) is 10.2 Å². The summed E-state index contributed by atoms with van der Waals surface area (Å²) in [5.41, 5.74) is 0.834. The normalized spacial score (nSPS) is 18.2. The third-order valence-corrected chi connectivity index (χ3v) is 3.76. The van der Waals surface area contributed by atoms with Crippen LogP contribution in [0.4, 0.5) is 0 Å². The Morgan fingerprint density at radius 3 is 2.28 bits per heavy atom. The Morgan fingerprint density at radius 1 is 1.22 bits per heavy atom. The van der Waals surface area contributed by atoms with Gasteiger partial charge in [-0.2, -0.15) is 0 Å². The van der Waals surface area contributed by atoms with E-state index in [0.717, 1.165) is 31.7 Å². The average molecular weight is 312 g/mol. The van der Waals surface area contributed by atoms with Crippen molar-refractivity contribution in [2.75, 3.05) is 32.8 Å². The highest BCUT2D eigenvalue weighted by molar-refractivity contribution is 6.36. The van der Waals surface area contributed by atoms with Gasteiger partial charge in [0, 0.05) is 41.8 Å². The number of rotatable bonds is 3. The molecule has 2 N–H and O–H groups in total. The Morgan fingerprint density at radius 2 is 1.78 bits per heavy atom. The fourth-order valence-electron chi connectivity index (χ4n) is 2.21. The summed E-state index contributed by atoms with van der Waals surface area (Å²) in [6.45, 7) is 3.68. The van der Waals surface area contributed by atoms with Crippen molar-refractivity contribution < 1.29 is 5.11 Å². The molecule has 0 spiro atoms. The molecule has 6 heteroatoms. The topological polar surface area (TPSA) is 35.5 Å². The first-order chi connectivity index (χ1) is 8.24. The Kier molecular flexibility index (Phi) is 6.71. The summed E-state index contributed by atoms with van der Waals surface area (Å²) in [5, 5.41) is 14.1. The third-order valence-electron chi connectivity index (χ3n) is 3.10. The highest BCUT2D eigenvalue weighted by Crippen LogP contribution is 2.33. The molecule has 1 fully saturated rings. The highest BCUT2D eigenvalue weighted by Gasteiger charge is 2.25. The van der Waals surface area contributed by atoms with Gasteiger partial charge in [0.2, 0.25) is 0 Å². The van der Waals surface area contributed by atoms with Crippen molar-refractivity contribution in [1.29, 1.82) is 0 Å². The van der Waals surface area contributed by atoms with E-state index >= 15 is 0 Å². The van der Waals surface area contributed by atoms with Gasteiger partial charge >= 0.3 is 0 Å². The monoisotopic (exact) mass is 310 g/mol. The number of nitrogens with zero attached hydrogens (tertiary/aromatic N) is 1. The maximum absolute atomic E-state index is 9.60. The lowest BCUT2D eigenvalue weighted by atomic mass is 10.0. The molecule has 3 nitrogen and oxygen atoms in total. The molecule has 0 aromatic heterocycles. The Labute approximate surface area is 123 Å². The van der Waals surface area contributed by atoms with Gasteiger partial charge in [0.15, 0.2) is 0 Å². The molecule has 1 aromatic rings. The first-order valence-electron chi connectivity index (χ1n) is 5.73. The minimum absolute atomic E-state index is 0. The van der Waals surface area contributed by atoms with E-state index in [0.29, 0.717) is 10.0 Å². The average Bonchev–Trinajstić information content (AvgIpc) is 2.35. The van der Waals surface area contributed by atoms with Gasteiger partial charge in [0.05, 0.1) is 12.6 Å². The number of aliphatic hydroxyl groups excluding tert-OH is 1. The van der Waals surface area contributed by atoms with Crippen LogP contribution in [0.3, 0.4) is 0 Å². The maximum atomic E-state index is 9.60. The summed E-state index contributed by atoms with van der Waals surface area (Å²) in [7, 11) is 0. The minimum Gasteiger partial charge on any atom is -0.394 e. The summed E-state index contributed by atoms with van der Waals surface area (Å²) in [5.74, 6) is 0. The summed E-state index contributed by atoms with van der Waals surface area (Å²) in [4.78, 5) is 2.21. The van der Waals surface area contributed by atoms with Crippen LogP contribution < -0.4 is 5.32 Å². The van der Waals surface area contributed by atoms with Crippen LogP contribution in [0, 0.1) is 0 Å². The van der Waals surface area contributed by atoms with Crippen LogP contribution in [0.1, 0.15) is 11.6 Å². The maximum Gasteiger partial charge on any atom is 0.0629 e. The van der Waals surface area contributed by atoms with Crippen LogP contribution >= 0.6 is 35.6 Å². The molecule has 0 unspecified atom stereocenters. The van der Waals surface area contributed by atoms with Crippen molar-refractivity contribution >= 4 is 35.6 Å². The lowest BCUT2D eigenvalue weighted by molar-refractivity contribution is 0.111. The fourth-order valence-corrected chi connectivity index (χ4v) is 2.86. The number of hydrogen-bond donors (Lipinski definition) is 2. The van der Waals surface area contributed by atoms with E-state index in [4.69, 9.17) is 23.2 Å². The zero-order valence-corrected chi connectivity index (χ0v) is 12.2. The number of halogens is 3. The molecule has 2 rings (SSSR count). The number of benzene rings is 1. The van der Waals surface area contributed by atoms with Gasteiger partial charge < -0.3 is 10.4 Å². The predicted molar refractivity (Wildman–Crippen MR) is 78.0 cm³/mol. The van der Waals surface area contributed by atoms with Crippen molar-refractivity contribution in [3.63, 3.8) is 0 Å². The van der Waals surface area contributed by atoms with Crippen LogP contribution in [0.5, 0.6) is 0 Å². The molecule has 1 aliphatic rings. The van der Waals surface area contributed by atoms with Gasteiger partial charge in [-0.05, 0) is 12.1 Å². The largest absolute Gasteiger partial charge is 0.394 e. The van der Waals surface area contributed by atoms with Crippen molar-refractivity contribution in [2.45, 2.75) is 6.04 Å². The van der Waals surface area contributed by atoms with Gasteiger partial charge in [-0.15, -0.1) is 12.4 Å². The van der Waals surface area contributed by atoms with Crippen LogP contribution in [0.2, 0.25) is 10.0 Å². The summed E-state index contributed by atoms with van der Waals surface area (Å²) in [6, 6.07) is 5.33. The van der Waals surface area contributed by atoms with E-state index in [-0.39, 0.29) is 25.1 Å². The SMILES string of the molecule is Cl.OC[C@H](c1c(Cl)cccc1Cl)N1CCNCC1. The van der Waals surface area contributed by atoms with Crippen molar-refractivity contribution in [1.82, 2.24) is 10.2 Å². The second-order valence-corrected chi connectivity index (χ2v) is 4.93. The Balaban J connectivity index is 0.00000162. The minimum atomic E-state index is -0.113. The van der Waals surface area contributed by atoms with E-state index in [9.17, 15) is 5.11 Å². The number of hydrogen-bond acceptors (Lipinski definition) is 3. The summed E-state index contributed by atoms with van der Waals surface area (Å²) in [6.07, 6.45) is 0. The van der Waals surface area contributed by atoms with Crippen molar-refractivity contribution in [3.05, 3.63) is 33.8 Å². The molecule has 102 valence electrons. The second kappa shape index (κ2) is 7.53. The molecular formula is C12H17Cl3N2O. The van der Waals surface area contributed by atoms with Gasteiger partial charge in [0.25, 0.3) is 0 Å². The molecule has 0 aliphatic carbocycles. The van der Waals surface area contributed by atoms with Gasteiger partial charge in [0.1, 0.15) is 0 Å². The zero-order valence-electron chi connectivity index (χ0n) is 9.90. The quantitative estimate of drug-likeness (QED) is 0.899.